The summed E-state index contributed by atoms with van der Waals surface area (Å²) in [5.41, 5.74) is 0. The van der Waals surface area contributed by atoms with E-state index < -0.39 is 0 Å². The second kappa shape index (κ2) is 7.43. The van der Waals surface area contributed by atoms with Gasteiger partial charge in [-0.05, 0) is 49.4 Å². The van der Waals surface area contributed by atoms with E-state index in [4.69, 9.17) is 0 Å². The average molecular weight is 284 g/mol. The fourth-order valence-corrected chi connectivity index (χ4v) is 3.77. The minimum Gasteiger partial charge on any atom is -0.358 e. The molecule has 3 saturated carbocycles. The largest absolute Gasteiger partial charge is 0.358 e. The monoisotopic (exact) mass is 284 g/mol. The smallest absolute Gasteiger partial charge is 0 e. The molecule has 0 aromatic heterocycles. The van der Waals surface area contributed by atoms with Crippen LogP contribution < -0.4 is 0 Å². The van der Waals surface area contributed by atoms with Crippen LogP contribution >= 0.6 is 0 Å². The van der Waals surface area contributed by atoms with Crippen molar-refractivity contribution in [2.45, 2.75) is 58.8 Å². The second-order valence-electron chi connectivity index (χ2n) is 5.02. The number of fused-ring (bicyclic) bond motifs is 2. The second-order valence-corrected chi connectivity index (χ2v) is 5.02. The van der Waals surface area contributed by atoms with E-state index in [0.29, 0.717) is 0 Å². The van der Waals surface area contributed by atoms with E-state index >= 15 is 0 Å². The van der Waals surface area contributed by atoms with Gasteiger partial charge in [-0.25, -0.2) is 0 Å². The molecule has 0 aromatic carbocycles. The molecule has 0 saturated heterocycles. The van der Waals surface area contributed by atoms with Gasteiger partial charge < -0.3 is 7.43 Å². The summed E-state index contributed by atoms with van der Waals surface area (Å²) < 4.78 is 0. The topological polar surface area (TPSA) is 0 Å². The molecular weight excluding hydrogens is 257 g/mol. The third-order valence-corrected chi connectivity index (χ3v) is 4.60. The molecule has 0 nitrogen and oxygen atoms in total. The Morgan fingerprint density at radius 3 is 1.33 bits per heavy atom. The van der Waals surface area contributed by atoms with Gasteiger partial charge in [-0.1, -0.05) is 33.1 Å². The van der Waals surface area contributed by atoms with Crippen molar-refractivity contribution in [2.24, 2.45) is 23.7 Å². The molecule has 3 rings (SSSR count). The molecule has 0 bridgehead atoms. The maximum absolute atomic E-state index is 2.00. The van der Waals surface area contributed by atoms with Crippen LogP contribution in [-0.4, -0.2) is 0 Å². The fraction of sp³-hybridized carbons (Fsp3) is 0.929. The van der Waals surface area contributed by atoms with Crippen LogP contribution in [0.4, 0.5) is 0 Å². The first kappa shape index (κ1) is 16.1. The average Bonchev–Trinajstić information content (AvgIpc) is 2.59. The Labute approximate surface area is 122 Å². The van der Waals surface area contributed by atoms with Crippen molar-refractivity contribution < 1.29 is 32.7 Å². The van der Waals surface area contributed by atoms with Gasteiger partial charge in [0, 0.05) is 32.7 Å². The summed E-state index contributed by atoms with van der Waals surface area (Å²) in [4.78, 5) is 0. The molecule has 3 fully saturated rings. The molecule has 1 heteroatoms. The van der Waals surface area contributed by atoms with E-state index in [9.17, 15) is 0 Å². The van der Waals surface area contributed by atoms with Gasteiger partial charge in [0.1, 0.15) is 0 Å². The molecule has 0 N–H and O–H groups in total. The molecule has 0 aliphatic heterocycles. The minimum absolute atomic E-state index is 0. The predicted molar refractivity (Wildman–Crippen MR) is 64.0 cm³/mol. The Bertz CT molecular complexity index is 149. The van der Waals surface area contributed by atoms with Gasteiger partial charge in [-0.3, -0.25) is 0 Å². The SMILES string of the molecule is C1CC2CC3CCC3CC2C1.CC.[CH3-].[Y]. The molecular formula is C14H27Y-. The van der Waals surface area contributed by atoms with Gasteiger partial charge in [-0.2, -0.15) is 0 Å². The van der Waals surface area contributed by atoms with Gasteiger partial charge in [-0.15, -0.1) is 0 Å². The zero-order valence-corrected chi connectivity index (χ0v) is 13.7. The van der Waals surface area contributed by atoms with Crippen LogP contribution in [0.25, 0.3) is 0 Å². The molecule has 3 aliphatic rings. The van der Waals surface area contributed by atoms with Crippen molar-refractivity contribution in [1.82, 2.24) is 0 Å². The summed E-state index contributed by atoms with van der Waals surface area (Å²) in [5, 5.41) is 0. The van der Waals surface area contributed by atoms with Gasteiger partial charge in [0.2, 0.25) is 0 Å². The van der Waals surface area contributed by atoms with Crippen LogP contribution in [-0.2, 0) is 32.7 Å². The Balaban J connectivity index is 0.000000466. The summed E-state index contributed by atoms with van der Waals surface area (Å²) in [6, 6.07) is 0. The third kappa shape index (κ3) is 3.28. The van der Waals surface area contributed by atoms with Crippen molar-refractivity contribution in [3.05, 3.63) is 7.43 Å². The van der Waals surface area contributed by atoms with E-state index in [1.165, 1.54) is 23.7 Å². The molecule has 15 heavy (non-hydrogen) atoms. The quantitative estimate of drug-likeness (QED) is 0.566. The summed E-state index contributed by atoms with van der Waals surface area (Å²) in [5.74, 6) is 4.73. The number of hydrogen-bond donors (Lipinski definition) is 0. The van der Waals surface area contributed by atoms with Crippen LogP contribution in [0.3, 0.4) is 0 Å². The first-order valence-electron chi connectivity index (χ1n) is 6.43. The molecule has 1 radical (unpaired) electrons. The van der Waals surface area contributed by atoms with Crippen molar-refractivity contribution in [3.63, 3.8) is 0 Å². The Kier molecular flexibility index (Phi) is 7.98. The molecule has 0 aromatic rings. The zero-order chi connectivity index (χ0) is 9.26. The van der Waals surface area contributed by atoms with Crippen LogP contribution in [0.1, 0.15) is 58.8 Å². The first-order valence-corrected chi connectivity index (χ1v) is 6.43. The van der Waals surface area contributed by atoms with E-state index in [1.807, 2.05) is 13.8 Å². The molecule has 4 atom stereocenters. The van der Waals surface area contributed by atoms with Crippen molar-refractivity contribution in [3.8, 4) is 0 Å². The van der Waals surface area contributed by atoms with Crippen molar-refractivity contribution in [2.75, 3.05) is 0 Å². The van der Waals surface area contributed by atoms with Crippen LogP contribution in [0.15, 0.2) is 0 Å². The van der Waals surface area contributed by atoms with E-state index in [0.717, 1.165) is 0 Å². The molecule has 3 aliphatic carbocycles. The summed E-state index contributed by atoms with van der Waals surface area (Å²) in [6.45, 7) is 4.00. The molecule has 87 valence electrons. The maximum Gasteiger partial charge on any atom is 0 e. The standard InChI is InChI=1S/C11H18.C2H6.CH3.Y/c1-2-8-6-10-4-5-11(10)7-9(8)3-1;1-2;;/h8-11H,1-7H2;1-2H3;1H3;/q;;-1;. The van der Waals surface area contributed by atoms with E-state index in [1.54, 1.807) is 44.9 Å². The van der Waals surface area contributed by atoms with Crippen LogP contribution in [0, 0.1) is 31.1 Å². The van der Waals surface area contributed by atoms with Gasteiger partial charge in [0.05, 0.1) is 0 Å². The predicted octanol–water partition coefficient (Wildman–Crippen LogP) is 4.70. The van der Waals surface area contributed by atoms with Gasteiger partial charge in [0.15, 0.2) is 0 Å². The normalized spacial score (nSPS) is 40.4. The van der Waals surface area contributed by atoms with Crippen molar-refractivity contribution in [1.29, 1.82) is 0 Å². The van der Waals surface area contributed by atoms with E-state index in [2.05, 4.69) is 0 Å². The zero-order valence-electron chi connectivity index (χ0n) is 10.8. The van der Waals surface area contributed by atoms with Gasteiger partial charge >= 0.3 is 0 Å². The molecule has 0 spiro atoms. The molecule has 4 unspecified atom stereocenters. The van der Waals surface area contributed by atoms with Crippen molar-refractivity contribution >= 4 is 0 Å². The summed E-state index contributed by atoms with van der Waals surface area (Å²) in [7, 11) is 0. The third-order valence-electron chi connectivity index (χ3n) is 4.60. The fourth-order valence-electron chi connectivity index (χ4n) is 3.77. The molecule has 0 amide bonds. The summed E-state index contributed by atoms with van der Waals surface area (Å²) in [6.07, 6.45) is 11.1. The minimum atomic E-state index is 0. The molecule has 0 heterocycles. The summed E-state index contributed by atoms with van der Waals surface area (Å²) >= 11 is 0. The Hall–Kier alpha value is 1.10. The number of rotatable bonds is 0. The van der Waals surface area contributed by atoms with E-state index in [-0.39, 0.29) is 40.1 Å². The number of hydrogen-bond acceptors (Lipinski definition) is 0. The Morgan fingerprint density at radius 2 is 1.00 bits per heavy atom. The van der Waals surface area contributed by atoms with Crippen LogP contribution in [0.2, 0.25) is 0 Å². The van der Waals surface area contributed by atoms with Crippen LogP contribution in [0.5, 0.6) is 0 Å². The Morgan fingerprint density at radius 1 is 0.667 bits per heavy atom. The van der Waals surface area contributed by atoms with Gasteiger partial charge in [0.25, 0.3) is 0 Å². The first-order chi connectivity index (χ1) is 6.43. The maximum atomic E-state index is 2.00.